The molecule has 1 saturated carbocycles. The van der Waals surface area contributed by atoms with Gasteiger partial charge in [-0.05, 0) is 30.2 Å². The Morgan fingerprint density at radius 1 is 1.25 bits per heavy atom. The average Bonchev–Trinajstić information content (AvgIpc) is 3.02. The number of nitrogens with two attached hydrogens (primary N) is 2. The Hall–Kier alpha value is -1.39. The predicted molar refractivity (Wildman–Crippen MR) is 78.8 cm³/mol. The largest absolute Gasteiger partial charge is 0.342 e. The van der Waals surface area contributed by atoms with Gasteiger partial charge in [0.05, 0.1) is 0 Å². The van der Waals surface area contributed by atoms with E-state index < -0.39 is 0 Å². The standard InChI is InChI=1S/C16H23N3O/c17-14-7-6-12-9-19(10-13(12)14)16(20)8-15(18)11-4-2-1-3-5-11/h1-5,12-15H,6-10,17-18H2. The minimum absolute atomic E-state index is 0.169. The number of likely N-dealkylation sites (tertiary alicyclic amines) is 1. The van der Waals surface area contributed by atoms with E-state index in [1.807, 2.05) is 35.2 Å². The zero-order chi connectivity index (χ0) is 14.1. The molecule has 0 radical (unpaired) electrons. The molecule has 0 bridgehead atoms. The second-order valence-electron chi connectivity index (χ2n) is 6.19. The molecule has 4 N–H and O–H groups in total. The maximum absolute atomic E-state index is 12.4. The Bertz CT molecular complexity index is 476. The normalized spacial score (nSPS) is 30.3. The third-order valence-electron chi connectivity index (χ3n) is 4.89. The van der Waals surface area contributed by atoms with Crippen molar-refractivity contribution in [2.75, 3.05) is 13.1 Å². The highest BCUT2D eigenvalue weighted by Gasteiger charge is 2.42. The summed E-state index contributed by atoms with van der Waals surface area (Å²) in [6.45, 7) is 1.70. The average molecular weight is 273 g/mol. The SMILES string of the molecule is NC(CC(=O)N1CC2CCC(N)C2C1)c1ccccc1. The van der Waals surface area contributed by atoms with Crippen LogP contribution < -0.4 is 11.5 Å². The number of rotatable bonds is 3. The van der Waals surface area contributed by atoms with Crippen LogP contribution >= 0.6 is 0 Å². The Morgan fingerprint density at radius 3 is 2.70 bits per heavy atom. The van der Waals surface area contributed by atoms with Gasteiger partial charge >= 0.3 is 0 Å². The van der Waals surface area contributed by atoms with Gasteiger partial charge in [-0.2, -0.15) is 0 Å². The first kappa shape index (κ1) is 13.6. The van der Waals surface area contributed by atoms with E-state index in [4.69, 9.17) is 11.5 Å². The molecule has 4 atom stereocenters. The number of fused-ring (bicyclic) bond motifs is 1. The van der Waals surface area contributed by atoms with Crippen LogP contribution in [-0.2, 0) is 4.79 Å². The van der Waals surface area contributed by atoms with E-state index in [0.717, 1.165) is 25.1 Å². The number of benzene rings is 1. The van der Waals surface area contributed by atoms with Crippen molar-refractivity contribution in [3.63, 3.8) is 0 Å². The van der Waals surface area contributed by atoms with Gasteiger partial charge in [0.15, 0.2) is 0 Å². The summed E-state index contributed by atoms with van der Waals surface area (Å²) in [7, 11) is 0. The van der Waals surface area contributed by atoms with E-state index in [2.05, 4.69) is 0 Å². The minimum atomic E-state index is -0.210. The smallest absolute Gasteiger partial charge is 0.224 e. The summed E-state index contributed by atoms with van der Waals surface area (Å²) < 4.78 is 0. The molecule has 3 rings (SSSR count). The third-order valence-corrected chi connectivity index (χ3v) is 4.89. The lowest BCUT2D eigenvalue weighted by atomic mass is 9.98. The second-order valence-corrected chi connectivity index (χ2v) is 6.19. The maximum atomic E-state index is 12.4. The molecular formula is C16H23N3O. The molecule has 4 nitrogen and oxygen atoms in total. The fraction of sp³-hybridized carbons (Fsp3) is 0.562. The Morgan fingerprint density at radius 2 is 2.00 bits per heavy atom. The van der Waals surface area contributed by atoms with Crippen LogP contribution in [0.3, 0.4) is 0 Å². The number of nitrogens with zero attached hydrogens (tertiary/aromatic N) is 1. The molecule has 1 aromatic rings. The molecule has 4 unspecified atom stereocenters. The Kier molecular flexibility index (Phi) is 3.76. The minimum Gasteiger partial charge on any atom is -0.342 e. The summed E-state index contributed by atoms with van der Waals surface area (Å²) in [5.74, 6) is 1.29. The molecule has 20 heavy (non-hydrogen) atoms. The Balaban J connectivity index is 1.58. The van der Waals surface area contributed by atoms with Crippen LogP contribution in [-0.4, -0.2) is 29.9 Å². The van der Waals surface area contributed by atoms with Crippen LogP contribution in [0.1, 0.15) is 30.9 Å². The van der Waals surface area contributed by atoms with Crippen LogP contribution in [0, 0.1) is 11.8 Å². The van der Waals surface area contributed by atoms with Gasteiger partial charge in [0.25, 0.3) is 0 Å². The lowest BCUT2D eigenvalue weighted by molar-refractivity contribution is -0.130. The molecule has 1 aromatic carbocycles. The first-order valence-corrected chi connectivity index (χ1v) is 7.49. The predicted octanol–water partition coefficient (Wildman–Crippen LogP) is 1.27. The summed E-state index contributed by atoms with van der Waals surface area (Å²) in [6, 6.07) is 9.90. The van der Waals surface area contributed by atoms with E-state index in [0.29, 0.717) is 18.3 Å². The molecule has 2 aliphatic rings. The molecule has 1 aliphatic carbocycles. The molecule has 1 amide bonds. The zero-order valence-corrected chi connectivity index (χ0v) is 11.7. The van der Waals surface area contributed by atoms with Crippen molar-refractivity contribution in [3.05, 3.63) is 35.9 Å². The first-order chi connectivity index (χ1) is 9.65. The number of hydrogen-bond acceptors (Lipinski definition) is 3. The molecular weight excluding hydrogens is 250 g/mol. The summed E-state index contributed by atoms with van der Waals surface area (Å²) >= 11 is 0. The van der Waals surface area contributed by atoms with Crippen molar-refractivity contribution in [1.29, 1.82) is 0 Å². The van der Waals surface area contributed by atoms with Crippen molar-refractivity contribution >= 4 is 5.91 Å². The first-order valence-electron chi connectivity index (χ1n) is 7.49. The lowest BCUT2D eigenvalue weighted by Gasteiger charge is -2.21. The van der Waals surface area contributed by atoms with Gasteiger partial charge in [-0.15, -0.1) is 0 Å². The molecule has 0 aromatic heterocycles. The van der Waals surface area contributed by atoms with Crippen LogP contribution in [0.4, 0.5) is 0 Å². The topological polar surface area (TPSA) is 72.4 Å². The van der Waals surface area contributed by atoms with Crippen molar-refractivity contribution < 1.29 is 4.79 Å². The highest BCUT2D eigenvalue weighted by atomic mass is 16.2. The second kappa shape index (κ2) is 5.54. The molecule has 1 heterocycles. The Labute approximate surface area is 120 Å². The van der Waals surface area contributed by atoms with Crippen LogP contribution in [0.5, 0.6) is 0 Å². The quantitative estimate of drug-likeness (QED) is 0.871. The van der Waals surface area contributed by atoms with Crippen molar-refractivity contribution in [3.8, 4) is 0 Å². The number of carbonyl (C=O) groups excluding carboxylic acids is 1. The fourth-order valence-corrected chi connectivity index (χ4v) is 3.65. The van der Waals surface area contributed by atoms with Crippen molar-refractivity contribution in [2.45, 2.75) is 31.3 Å². The van der Waals surface area contributed by atoms with Gasteiger partial charge in [0, 0.05) is 31.6 Å². The number of carbonyl (C=O) groups is 1. The van der Waals surface area contributed by atoms with Crippen LogP contribution in [0.2, 0.25) is 0 Å². The van der Waals surface area contributed by atoms with E-state index in [1.165, 1.54) is 6.42 Å². The van der Waals surface area contributed by atoms with Gasteiger partial charge < -0.3 is 16.4 Å². The van der Waals surface area contributed by atoms with E-state index in [9.17, 15) is 4.79 Å². The number of amides is 1. The van der Waals surface area contributed by atoms with E-state index in [-0.39, 0.29) is 18.0 Å². The summed E-state index contributed by atoms with van der Waals surface area (Å²) in [5, 5.41) is 0. The summed E-state index contributed by atoms with van der Waals surface area (Å²) in [5.41, 5.74) is 13.3. The van der Waals surface area contributed by atoms with Gasteiger partial charge in [-0.3, -0.25) is 4.79 Å². The highest BCUT2D eigenvalue weighted by Crippen LogP contribution is 2.37. The molecule has 4 heteroatoms. The molecule has 108 valence electrons. The van der Waals surface area contributed by atoms with Crippen molar-refractivity contribution in [1.82, 2.24) is 4.90 Å². The zero-order valence-electron chi connectivity index (χ0n) is 11.7. The van der Waals surface area contributed by atoms with Gasteiger partial charge in [-0.25, -0.2) is 0 Å². The summed E-state index contributed by atoms with van der Waals surface area (Å²) in [6.07, 6.45) is 2.67. The van der Waals surface area contributed by atoms with E-state index >= 15 is 0 Å². The van der Waals surface area contributed by atoms with Gasteiger partial charge in [0.2, 0.25) is 5.91 Å². The third kappa shape index (κ3) is 2.58. The number of hydrogen-bond donors (Lipinski definition) is 2. The summed E-state index contributed by atoms with van der Waals surface area (Å²) in [4.78, 5) is 14.3. The lowest BCUT2D eigenvalue weighted by Crippen LogP contribution is -2.34. The molecule has 2 fully saturated rings. The molecule has 1 aliphatic heterocycles. The van der Waals surface area contributed by atoms with Crippen LogP contribution in [0.25, 0.3) is 0 Å². The monoisotopic (exact) mass is 273 g/mol. The van der Waals surface area contributed by atoms with Crippen LogP contribution in [0.15, 0.2) is 30.3 Å². The van der Waals surface area contributed by atoms with E-state index in [1.54, 1.807) is 0 Å². The van der Waals surface area contributed by atoms with Crippen molar-refractivity contribution in [2.24, 2.45) is 23.3 Å². The maximum Gasteiger partial charge on any atom is 0.224 e. The highest BCUT2D eigenvalue weighted by molar-refractivity contribution is 5.77. The van der Waals surface area contributed by atoms with Gasteiger partial charge in [0.1, 0.15) is 0 Å². The fourth-order valence-electron chi connectivity index (χ4n) is 3.65. The van der Waals surface area contributed by atoms with Gasteiger partial charge in [-0.1, -0.05) is 30.3 Å². The molecule has 1 saturated heterocycles. The molecule has 0 spiro atoms.